The summed E-state index contributed by atoms with van der Waals surface area (Å²) in [7, 11) is 0. The third kappa shape index (κ3) is 2.18. The minimum atomic E-state index is 0.125. The average molecular weight is 224 g/mol. The van der Waals surface area contributed by atoms with E-state index < -0.39 is 0 Å². The van der Waals surface area contributed by atoms with Crippen molar-refractivity contribution in [3.8, 4) is 11.5 Å². The lowest BCUT2D eigenvalue weighted by Gasteiger charge is -2.10. The second-order valence-corrected chi connectivity index (χ2v) is 4.62. The van der Waals surface area contributed by atoms with E-state index in [0.29, 0.717) is 0 Å². The molecule has 1 heterocycles. The first-order valence-electron chi connectivity index (χ1n) is 4.57. The Kier molecular flexibility index (Phi) is 2.73. The predicted octanol–water partition coefficient (Wildman–Crippen LogP) is 2.10. The Balaban J connectivity index is 2.19. The van der Waals surface area contributed by atoms with Crippen molar-refractivity contribution >= 4 is 16.9 Å². The highest BCUT2D eigenvalue weighted by atomic mass is 32.2. The molecule has 3 N–H and O–H groups in total. The Morgan fingerprint density at radius 2 is 2.20 bits per heavy atom. The lowest BCUT2D eigenvalue weighted by molar-refractivity contribution is 0.174. The largest absolute Gasteiger partial charge is 0.454 e. The second-order valence-electron chi connectivity index (χ2n) is 3.24. The smallest absolute Gasteiger partial charge is 0.231 e. The van der Waals surface area contributed by atoms with Gasteiger partial charge < -0.3 is 15.2 Å². The first-order chi connectivity index (χ1) is 7.16. The third-order valence-corrected chi connectivity index (χ3v) is 3.05. The van der Waals surface area contributed by atoms with E-state index in [-0.39, 0.29) is 17.2 Å². The maximum atomic E-state index is 7.21. The Bertz CT molecular complexity index is 395. The van der Waals surface area contributed by atoms with Gasteiger partial charge in [0.1, 0.15) is 0 Å². The molecule has 0 aliphatic carbocycles. The van der Waals surface area contributed by atoms with Crippen LogP contribution < -0.4 is 15.2 Å². The van der Waals surface area contributed by atoms with Crippen LogP contribution in [0.4, 0.5) is 0 Å². The number of thioether (sulfide) groups is 1. The van der Waals surface area contributed by atoms with Gasteiger partial charge in [-0.3, -0.25) is 5.41 Å². The average Bonchev–Trinajstić information content (AvgIpc) is 2.62. The van der Waals surface area contributed by atoms with Gasteiger partial charge in [-0.15, -0.1) is 0 Å². The molecule has 0 saturated heterocycles. The fraction of sp³-hybridized carbons (Fsp3) is 0.300. The number of amidine groups is 1. The van der Waals surface area contributed by atoms with Gasteiger partial charge in [0.05, 0.1) is 0 Å². The van der Waals surface area contributed by atoms with E-state index in [1.807, 2.05) is 25.1 Å². The SMILES string of the molecule is CC(SC(=N)N)c1ccc2c(c1)OCO2. The van der Waals surface area contributed by atoms with Crippen LogP contribution in [0.1, 0.15) is 17.7 Å². The molecule has 15 heavy (non-hydrogen) atoms. The highest BCUT2D eigenvalue weighted by molar-refractivity contribution is 8.13. The normalized spacial score (nSPS) is 15.0. The molecule has 0 fully saturated rings. The molecule has 1 unspecified atom stereocenters. The molecule has 1 aromatic rings. The van der Waals surface area contributed by atoms with Gasteiger partial charge in [0, 0.05) is 5.25 Å². The first kappa shape index (κ1) is 10.2. The first-order valence-corrected chi connectivity index (χ1v) is 5.45. The highest BCUT2D eigenvalue weighted by Gasteiger charge is 2.16. The van der Waals surface area contributed by atoms with Crippen molar-refractivity contribution < 1.29 is 9.47 Å². The lowest BCUT2D eigenvalue weighted by atomic mass is 10.1. The summed E-state index contributed by atoms with van der Waals surface area (Å²) in [6.07, 6.45) is 0. The van der Waals surface area contributed by atoms with Gasteiger partial charge in [-0.2, -0.15) is 0 Å². The maximum absolute atomic E-state index is 7.21. The number of rotatable bonds is 2. The van der Waals surface area contributed by atoms with Gasteiger partial charge in [0.25, 0.3) is 0 Å². The van der Waals surface area contributed by atoms with Crippen LogP contribution in [0.3, 0.4) is 0 Å². The minimum absolute atomic E-state index is 0.125. The van der Waals surface area contributed by atoms with Crippen molar-refractivity contribution in [2.75, 3.05) is 6.79 Å². The van der Waals surface area contributed by atoms with E-state index >= 15 is 0 Å². The quantitative estimate of drug-likeness (QED) is 0.596. The van der Waals surface area contributed by atoms with Crippen LogP contribution in [0.25, 0.3) is 0 Å². The molecule has 0 saturated carbocycles. The summed E-state index contributed by atoms with van der Waals surface area (Å²) in [6.45, 7) is 2.29. The maximum Gasteiger partial charge on any atom is 0.231 e. The number of nitrogens with two attached hydrogens (primary N) is 1. The molecule has 80 valence electrons. The monoisotopic (exact) mass is 224 g/mol. The van der Waals surface area contributed by atoms with Crippen LogP contribution in [-0.2, 0) is 0 Å². The summed E-state index contributed by atoms with van der Waals surface area (Å²) in [5.41, 5.74) is 6.42. The molecule has 1 aromatic carbocycles. The fourth-order valence-corrected chi connectivity index (χ4v) is 2.09. The number of nitrogens with one attached hydrogen (secondary N) is 1. The third-order valence-electron chi connectivity index (χ3n) is 2.17. The molecule has 4 nitrogen and oxygen atoms in total. The molecule has 0 bridgehead atoms. The number of fused-ring (bicyclic) bond motifs is 1. The number of hydrogen-bond acceptors (Lipinski definition) is 4. The summed E-state index contributed by atoms with van der Waals surface area (Å²) >= 11 is 1.32. The summed E-state index contributed by atoms with van der Waals surface area (Å²) < 4.78 is 10.5. The van der Waals surface area contributed by atoms with Crippen LogP contribution in [0.2, 0.25) is 0 Å². The van der Waals surface area contributed by atoms with Crippen molar-refractivity contribution in [3.05, 3.63) is 23.8 Å². The van der Waals surface area contributed by atoms with Gasteiger partial charge in [-0.25, -0.2) is 0 Å². The van der Waals surface area contributed by atoms with E-state index in [0.717, 1.165) is 17.1 Å². The Morgan fingerprint density at radius 1 is 1.47 bits per heavy atom. The van der Waals surface area contributed by atoms with E-state index in [4.69, 9.17) is 20.6 Å². The minimum Gasteiger partial charge on any atom is -0.454 e. The number of hydrogen-bond donors (Lipinski definition) is 2. The molecular weight excluding hydrogens is 212 g/mol. The zero-order valence-corrected chi connectivity index (χ0v) is 9.14. The van der Waals surface area contributed by atoms with E-state index in [1.165, 1.54) is 11.8 Å². The molecule has 0 aromatic heterocycles. The highest BCUT2D eigenvalue weighted by Crippen LogP contribution is 2.37. The molecule has 0 spiro atoms. The topological polar surface area (TPSA) is 68.3 Å². The summed E-state index contributed by atoms with van der Waals surface area (Å²) in [4.78, 5) is 0. The Labute approximate surface area is 92.3 Å². The van der Waals surface area contributed by atoms with Crippen molar-refractivity contribution in [2.24, 2.45) is 5.73 Å². The van der Waals surface area contributed by atoms with Gasteiger partial charge in [0.15, 0.2) is 16.7 Å². The lowest BCUT2D eigenvalue weighted by Crippen LogP contribution is -2.06. The zero-order valence-electron chi connectivity index (χ0n) is 8.32. The van der Waals surface area contributed by atoms with Crippen LogP contribution in [0.15, 0.2) is 18.2 Å². The molecule has 2 rings (SSSR count). The van der Waals surface area contributed by atoms with Crippen molar-refractivity contribution in [1.29, 1.82) is 5.41 Å². The van der Waals surface area contributed by atoms with Crippen LogP contribution >= 0.6 is 11.8 Å². The molecule has 1 aliphatic rings. The molecule has 1 atom stereocenters. The van der Waals surface area contributed by atoms with Crippen LogP contribution in [-0.4, -0.2) is 12.0 Å². The molecule has 0 radical (unpaired) electrons. The van der Waals surface area contributed by atoms with Crippen LogP contribution in [0.5, 0.6) is 11.5 Å². The van der Waals surface area contributed by atoms with Gasteiger partial charge >= 0.3 is 0 Å². The summed E-state index contributed by atoms with van der Waals surface area (Å²) in [5, 5.41) is 7.49. The standard InChI is InChI=1S/C10H12N2O2S/c1-6(15-10(11)12)7-2-3-8-9(4-7)14-5-13-8/h2-4,6H,5H2,1H3,(H3,11,12). The molecule has 1 aliphatic heterocycles. The van der Waals surface area contributed by atoms with E-state index in [1.54, 1.807) is 0 Å². The van der Waals surface area contributed by atoms with Crippen molar-refractivity contribution in [2.45, 2.75) is 12.2 Å². The predicted molar refractivity (Wildman–Crippen MR) is 60.5 cm³/mol. The Morgan fingerprint density at radius 3 is 2.93 bits per heavy atom. The van der Waals surface area contributed by atoms with E-state index in [2.05, 4.69) is 0 Å². The van der Waals surface area contributed by atoms with Gasteiger partial charge in [0.2, 0.25) is 6.79 Å². The Hall–Kier alpha value is -1.36. The van der Waals surface area contributed by atoms with Crippen LogP contribution in [0, 0.1) is 5.41 Å². The van der Waals surface area contributed by atoms with Gasteiger partial charge in [-0.1, -0.05) is 17.8 Å². The molecule has 5 heteroatoms. The second kappa shape index (κ2) is 4.02. The fourth-order valence-electron chi connectivity index (χ4n) is 1.42. The zero-order chi connectivity index (χ0) is 10.8. The molecular formula is C10H12N2O2S. The molecule has 0 amide bonds. The van der Waals surface area contributed by atoms with Crippen molar-refractivity contribution in [1.82, 2.24) is 0 Å². The summed E-state index contributed by atoms with van der Waals surface area (Å²) in [5.74, 6) is 1.54. The number of ether oxygens (including phenoxy) is 2. The van der Waals surface area contributed by atoms with Crippen molar-refractivity contribution in [3.63, 3.8) is 0 Å². The van der Waals surface area contributed by atoms with Gasteiger partial charge in [-0.05, 0) is 24.6 Å². The van der Waals surface area contributed by atoms with E-state index in [9.17, 15) is 0 Å². The summed E-state index contributed by atoms with van der Waals surface area (Å²) in [6, 6.07) is 5.78. The number of benzene rings is 1.